The first-order chi connectivity index (χ1) is 9.90. The number of anilines is 1. The van der Waals surface area contributed by atoms with Gasteiger partial charge in [0, 0.05) is 23.2 Å². The van der Waals surface area contributed by atoms with E-state index in [9.17, 15) is 14.7 Å². The summed E-state index contributed by atoms with van der Waals surface area (Å²) in [5.41, 5.74) is 0.649. The molecule has 0 fully saturated rings. The van der Waals surface area contributed by atoms with E-state index in [4.69, 9.17) is 16.3 Å². The van der Waals surface area contributed by atoms with Gasteiger partial charge in [-0.05, 0) is 18.6 Å². The lowest BCUT2D eigenvalue weighted by Gasteiger charge is -2.12. The number of halogens is 1. The highest BCUT2D eigenvalue weighted by Gasteiger charge is 2.13. The predicted octanol–water partition coefficient (Wildman–Crippen LogP) is 2.30. The van der Waals surface area contributed by atoms with Crippen LogP contribution in [0.15, 0.2) is 29.1 Å². The van der Waals surface area contributed by atoms with Gasteiger partial charge in [-0.3, -0.25) is 14.6 Å². The second kappa shape index (κ2) is 5.88. The standard InChI is InChI=1S/C14H13ClN2O4/c1-7-3-10(11(21-2)6-9(7)15)16-14(20)8-4-12(18)17-13(19)5-8/h3-6H,1-2H3,(H,16,20)(H2,17,18,19). The van der Waals surface area contributed by atoms with Crippen molar-refractivity contribution in [3.63, 3.8) is 0 Å². The van der Waals surface area contributed by atoms with Crippen LogP contribution in [-0.2, 0) is 0 Å². The van der Waals surface area contributed by atoms with E-state index >= 15 is 0 Å². The predicted molar refractivity (Wildman–Crippen MR) is 79.4 cm³/mol. The van der Waals surface area contributed by atoms with E-state index in [0.29, 0.717) is 16.5 Å². The summed E-state index contributed by atoms with van der Waals surface area (Å²) in [5, 5.41) is 12.4. The molecule has 0 aliphatic carbocycles. The average Bonchev–Trinajstić information content (AvgIpc) is 2.41. The first-order valence-electron chi connectivity index (χ1n) is 5.99. The van der Waals surface area contributed by atoms with Crippen molar-refractivity contribution in [1.82, 2.24) is 4.98 Å². The van der Waals surface area contributed by atoms with E-state index in [0.717, 1.165) is 17.7 Å². The van der Waals surface area contributed by atoms with Crippen LogP contribution in [0.4, 0.5) is 5.69 Å². The maximum atomic E-state index is 12.1. The van der Waals surface area contributed by atoms with Gasteiger partial charge in [0.2, 0.25) is 0 Å². The average molecular weight is 309 g/mol. The zero-order valence-corrected chi connectivity index (χ0v) is 12.1. The lowest BCUT2D eigenvalue weighted by molar-refractivity contribution is 0.102. The van der Waals surface area contributed by atoms with E-state index < -0.39 is 11.5 Å². The van der Waals surface area contributed by atoms with Gasteiger partial charge in [-0.15, -0.1) is 0 Å². The van der Waals surface area contributed by atoms with Crippen LogP contribution in [-0.4, -0.2) is 23.1 Å². The van der Waals surface area contributed by atoms with E-state index in [1.54, 1.807) is 19.1 Å². The fourth-order valence-corrected chi connectivity index (χ4v) is 1.94. The molecule has 3 N–H and O–H groups in total. The zero-order chi connectivity index (χ0) is 15.6. The van der Waals surface area contributed by atoms with Crippen molar-refractivity contribution in [2.24, 2.45) is 0 Å². The molecule has 2 aromatic rings. The number of rotatable bonds is 3. The number of methoxy groups -OCH3 is 1. The molecule has 0 aliphatic rings. The van der Waals surface area contributed by atoms with Gasteiger partial charge in [0.05, 0.1) is 18.4 Å². The van der Waals surface area contributed by atoms with E-state index in [1.165, 1.54) is 7.11 Å². The summed E-state index contributed by atoms with van der Waals surface area (Å²) in [4.78, 5) is 25.5. The smallest absolute Gasteiger partial charge is 0.256 e. The first-order valence-corrected chi connectivity index (χ1v) is 6.37. The summed E-state index contributed by atoms with van der Waals surface area (Å²) in [6.07, 6.45) is 0. The molecule has 6 nitrogen and oxygen atoms in total. The molecule has 0 saturated heterocycles. The Morgan fingerprint density at radius 1 is 1.33 bits per heavy atom. The summed E-state index contributed by atoms with van der Waals surface area (Å²) in [6.45, 7) is 1.79. The number of hydrogen-bond acceptors (Lipinski definition) is 4. The molecule has 2 rings (SSSR count). The van der Waals surface area contributed by atoms with Gasteiger partial charge in [0.1, 0.15) is 5.75 Å². The highest BCUT2D eigenvalue weighted by atomic mass is 35.5. The number of aromatic hydroxyl groups is 1. The molecule has 0 aliphatic heterocycles. The number of ether oxygens (including phenoxy) is 1. The topological polar surface area (TPSA) is 91.4 Å². The van der Waals surface area contributed by atoms with Gasteiger partial charge in [-0.1, -0.05) is 11.6 Å². The van der Waals surface area contributed by atoms with Crippen molar-refractivity contribution < 1.29 is 14.6 Å². The second-order valence-corrected chi connectivity index (χ2v) is 4.78. The molecule has 0 atom stereocenters. The maximum Gasteiger partial charge on any atom is 0.256 e. The molecule has 1 heterocycles. The number of benzene rings is 1. The number of pyridine rings is 1. The van der Waals surface area contributed by atoms with E-state index in [2.05, 4.69) is 10.3 Å². The number of aromatic amines is 1. The maximum absolute atomic E-state index is 12.1. The lowest BCUT2D eigenvalue weighted by Crippen LogP contribution is -2.16. The van der Waals surface area contributed by atoms with Crippen molar-refractivity contribution >= 4 is 23.2 Å². The quantitative estimate of drug-likeness (QED) is 0.811. The van der Waals surface area contributed by atoms with Gasteiger partial charge in [-0.2, -0.15) is 0 Å². The number of aryl methyl sites for hydroxylation is 1. The lowest BCUT2D eigenvalue weighted by atomic mass is 10.2. The number of carbonyl (C=O) groups is 1. The molecule has 1 aromatic carbocycles. The Morgan fingerprint density at radius 3 is 2.67 bits per heavy atom. The largest absolute Gasteiger partial charge is 0.495 e. The third-order valence-electron chi connectivity index (χ3n) is 2.82. The summed E-state index contributed by atoms with van der Waals surface area (Å²) in [7, 11) is 1.45. The number of aromatic nitrogens is 1. The summed E-state index contributed by atoms with van der Waals surface area (Å²) >= 11 is 5.99. The fraction of sp³-hybridized carbons (Fsp3) is 0.143. The van der Waals surface area contributed by atoms with Crippen LogP contribution in [0.25, 0.3) is 0 Å². The Hall–Kier alpha value is -2.47. The molecular weight excluding hydrogens is 296 g/mol. The van der Waals surface area contributed by atoms with Crippen molar-refractivity contribution in [3.8, 4) is 11.6 Å². The van der Waals surface area contributed by atoms with Crippen molar-refractivity contribution in [1.29, 1.82) is 0 Å². The Kier molecular flexibility index (Phi) is 4.18. The Labute approximate surface area is 125 Å². The molecule has 7 heteroatoms. The molecule has 0 spiro atoms. The molecule has 110 valence electrons. The van der Waals surface area contributed by atoms with Crippen LogP contribution in [0.5, 0.6) is 11.6 Å². The molecule has 1 aromatic heterocycles. The molecule has 0 radical (unpaired) electrons. The Bertz CT molecular complexity index is 755. The van der Waals surface area contributed by atoms with Crippen LogP contribution in [0.1, 0.15) is 15.9 Å². The monoisotopic (exact) mass is 308 g/mol. The molecule has 21 heavy (non-hydrogen) atoms. The first kappa shape index (κ1) is 14.9. The minimum atomic E-state index is -0.570. The van der Waals surface area contributed by atoms with Crippen LogP contribution >= 0.6 is 11.6 Å². The third kappa shape index (κ3) is 3.35. The third-order valence-corrected chi connectivity index (χ3v) is 3.23. The second-order valence-electron chi connectivity index (χ2n) is 4.37. The SMILES string of the molecule is COc1cc(Cl)c(C)cc1NC(=O)c1cc(O)[nH]c(=O)c1. The van der Waals surface area contributed by atoms with Gasteiger partial charge >= 0.3 is 0 Å². The number of hydrogen-bond donors (Lipinski definition) is 3. The molecule has 0 unspecified atom stereocenters. The highest BCUT2D eigenvalue weighted by Crippen LogP contribution is 2.31. The van der Waals surface area contributed by atoms with Gasteiger partial charge < -0.3 is 15.2 Å². The van der Waals surface area contributed by atoms with Crippen LogP contribution in [0, 0.1) is 6.92 Å². The number of nitrogens with one attached hydrogen (secondary N) is 2. The molecular formula is C14H13ClN2O4. The number of carbonyl (C=O) groups excluding carboxylic acids is 1. The van der Waals surface area contributed by atoms with E-state index in [1.807, 2.05) is 0 Å². The molecule has 0 bridgehead atoms. The number of amides is 1. The zero-order valence-electron chi connectivity index (χ0n) is 11.4. The van der Waals surface area contributed by atoms with Crippen LogP contribution in [0.2, 0.25) is 5.02 Å². The molecule has 0 saturated carbocycles. The minimum Gasteiger partial charge on any atom is -0.495 e. The molecule has 1 amide bonds. The Morgan fingerprint density at radius 2 is 2.05 bits per heavy atom. The minimum absolute atomic E-state index is 0.0332. The number of H-pyrrole nitrogens is 1. The van der Waals surface area contributed by atoms with Crippen molar-refractivity contribution in [3.05, 3.63) is 50.8 Å². The van der Waals surface area contributed by atoms with Crippen molar-refractivity contribution in [2.75, 3.05) is 12.4 Å². The van der Waals surface area contributed by atoms with Gasteiger partial charge in [0.15, 0.2) is 5.88 Å². The summed E-state index contributed by atoms with van der Waals surface area (Å²) in [5.74, 6) is -0.531. The van der Waals surface area contributed by atoms with Crippen LogP contribution in [0.3, 0.4) is 0 Å². The van der Waals surface area contributed by atoms with E-state index in [-0.39, 0.29) is 11.4 Å². The highest BCUT2D eigenvalue weighted by molar-refractivity contribution is 6.31. The van der Waals surface area contributed by atoms with Crippen molar-refractivity contribution in [2.45, 2.75) is 6.92 Å². The Balaban J connectivity index is 2.35. The van der Waals surface area contributed by atoms with Gasteiger partial charge in [-0.25, -0.2) is 0 Å². The van der Waals surface area contributed by atoms with Gasteiger partial charge in [0.25, 0.3) is 11.5 Å². The normalized spacial score (nSPS) is 10.2. The fourth-order valence-electron chi connectivity index (χ4n) is 1.78. The summed E-state index contributed by atoms with van der Waals surface area (Å²) < 4.78 is 5.15. The summed E-state index contributed by atoms with van der Waals surface area (Å²) in [6, 6.07) is 5.49. The van der Waals surface area contributed by atoms with Crippen LogP contribution < -0.4 is 15.6 Å².